The number of hydrogen-bond acceptors (Lipinski definition) is 6. The van der Waals surface area contributed by atoms with Crippen molar-refractivity contribution >= 4 is 29.0 Å². The summed E-state index contributed by atoms with van der Waals surface area (Å²) >= 11 is 1.30. The van der Waals surface area contributed by atoms with Crippen LogP contribution < -0.4 is 24.9 Å². The number of hydrogen-bond donors (Lipinski definition) is 1. The molecule has 9 heteroatoms. The van der Waals surface area contributed by atoms with Gasteiger partial charge in [-0.2, -0.15) is 5.10 Å². The molecule has 35 heavy (non-hydrogen) atoms. The molecule has 1 N–H and O–H groups in total. The summed E-state index contributed by atoms with van der Waals surface area (Å²) in [7, 11) is 0. The highest BCUT2D eigenvalue weighted by Crippen LogP contribution is 2.47. The Hall–Kier alpha value is -3.98. The molecule has 4 heterocycles. The van der Waals surface area contributed by atoms with Crippen LogP contribution in [0.1, 0.15) is 31.0 Å². The topological polar surface area (TPSA) is 90.5 Å². The molecular formula is C26H23N5O3S. The number of amides is 1. The Morgan fingerprint density at radius 2 is 1.97 bits per heavy atom. The standard InChI is InChI=1S/C26H23N5O3S/c1-3-30-15-16(14-27-30)13-20-24(33)31-22-18-11-7-8-12-19(18)34-26(2,29-25(31)35-20)21(22)23(32)28-17-9-5-4-6-10-17/h4-15,21-22H,3H2,1-2H3,(H,28,32)/b20-13-/t21-,22+,26-/m1/s1. The lowest BCUT2D eigenvalue weighted by atomic mass is 9.80. The Morgan fingerprint density at radius 1 is 1.20 bits per heavy atom. The molecule has 2 bridgehead atoms. The number of carbonyl (C=O) groups is 1. The third-order valence-corrected chi connectivity index (χ3v) is 7.46. The Labute approximate surface area is 204 Å². The number of carbonyl (C=O) groups excluding carboxylic acids is 1. The smallest absolute Gasteiger partial charge is 0.270 e. The van der Waals surface area contributed by atoms with Gasteiger partial charge < -0.3 is 10.1 Å². The average molecular weight is 486 g/mol. The van der Waals surface area contributed by atoms with Gasteiger partial charge in [0.15, 0.2) is 4.80 Å². The molecular weight excluding hydrogens is 462 g/mol. The van der Waals surface area contributed by atoms with E-state index in [-0.39, 0.29) is 11.5 Å². The largest absolute Gasteiger partial charge is 0.465 e. The van der Waals surface area contributed by atoms with Crippen molar-refractivity contribution in [3.8, 4) is 5.75 Å². The third-order valence-electron chi connectivity index (χ3n) is 6.48. The predicted molar refractivity (Wildman–Crippen MR) is 133 cm³/mol. The highest BCUT2D eigenvalue weighted by Gasteiger charge is 2.55. The Bertz CT molecular complexity index is 1620. The number of para-hydroxylation sites is 2. The van der Waals surface area contributed by atoms with Gasteiger partial charge in [-0.1, -0.05) is 47.7 Å². The first-order valence-electron chi connectivity index (χ1n) is 11.5. The summed E-state index contributed by atoms with van der Waals surface area (Å²) in [6.07, 6.45) is 5.46. The van der Waals surface area contributed by atoms with Gasteiger partial charge in [-0.3, -0.25) is 18.8 Å². The maximum Gasteiger partial charge on any atom is 0.270 e. The van der Waals surface area contributed by atoms with Crippen molar-refractivity contribution in [1.82, 2.24) is 14.3 Å². The van der Waals surface area contributed by atoms with Crippen molar-refractivity contribution in [3.05, 3.63) is 97.8 Å². The number of ether oxygens (including phenoxy) is 1. The van der Waals surface area contributed by atoms with Crippen LogP contribution in [0, 0.1) is 5.92 Å². The molecule has 0 saturated heterocycles. The van der Waals surface area contributed by atoms with Crippen molar-refractivity contribution < 1.29 is 9.53 Å². The minimum absolute atomic E-state index is 0.181. The summed E-state index contributed by atoms with van der Waals surface area (Å²) < 4.78 is 10.3. The first-order chi connectivity index (χ1) is 17.0. The molecule has 4 aromatic rings. The van der Waals surface area contributed by atoms with E-state index < -0.39 is 17.7 Å². The fourth-order valence-corrected chi connectivity index (χ4v) is 5.96. The maximum atomic E-state index is 13.7. The number of rotatable bonds is 4. The van der Waals surface area contributed by atoms with Gasteiger partial charge in [0.05, 0.1) is 16.8 Å². The van der Waals surface area contributed by atoms with Crippen molar-refractivity contribution in [2.24, 2.45) is 10.9 Å². The van der Waals surface area contributed by atoms with Crippen LogP contribution in [0.5, 0.6) is 5.75 Å². The minimum atomic E-state index is -1.17. The second-order valence-electron chi connectivity index (χ2n) is 8.78. The summed E-state index contributed by atoms with van der Waals surface area (Å²) in [6.45, 7) is 4.57. The molecule has 0 aliphatic carbocycles. The van der Waals surface area contributed by atoms with Gasteiger partial charge >= 0.3 is 0 Å². The van der Waals surface area contributed by atoms with Crippen LogP contribution in [0.25, 0.3) is 6.08 Å². The average Bonchev–Trinajstić information content (AvgIpc) is 3.42. The van der Waals surface area contributed by atoms with Crippen molar-refractivity contribution in [2.45, 2.75) is 32.2 Å². The fraction of sp³-hybridized carbons (Fsp3) is 0.231. The van der Waals surface area contributed by atoms with E-state index in [1.54, 1.807) is 10.8 Å². The summed E-state index contributed by atoms with van der Waals surface area (Å²) in [5.74, 6) is -0.362. The van der Waals surface area contributed by atoms with Crippen LogP contribution in [-0.4, -0.2) is 26.0 Å². The zero-order valence-corrected chi connectivity index (χ0v) is 20.0. The number of fused-ring (bicyclic) bond motifs is 6. The van der Waals surface area contributed by atoms with Crippen LogP contribution in [0.3, 0.4) is 0 Å². The molecule has 0 radical (unpaired) electrons. The van der Waals surface area contributed by atoms with Gasteiger partial charge in [-0.05, 0) is 38.1 Å². The number of aryl methyl sites for hydroxylation is 1. The van der Waals surface area contributed by atoms with Crippen molar-refractivity contribution in [1.29, 1.82) is 0 Å². The monoisotopic (exact) mass is 485 g/mol. The zero-order chi connectivity index (χ0) is 24.2. The quantitative estimate of drug-likeness (QED) is 0.481. The number of benzene rings is 2. The van der Waals surface area contributed by atoms with Crippen LogP contribution in [0.2, 0.25) is 0 Å². The molecule has 2 aromatic heterocycles. The molecule has 0 unspecified atom stereocenters. The summed E-state index contributed by atoms with van der Waals surface area (Å²) in [5, 5.41) is 7.29. The van der Waals surface area contributed by atoms with E-state index in [4.69, 9.17) is 9.73 Å². The van der Waals surface area contributed by atoms with E-state index in [9.17, 15) is 9.59 Å². The third kappa shape index (κ3) is 3.50. The van der Waals surface area contributed by atoms with Crippen LogP contribution in [0.4, 0.5) is 5.69 Å². The maximum absolute atomic E-state index is 13.7. The van der Waals surface area contributed by atoms with E-state index in [1.165, 1.54) is 11.3 Å². The van der Waals surface area contributed by atoms with E-state index >= 15 is 0 Å². The van der Waals surface area contributed by atoms with Gasteiger partial charge in [-0.25, -0.2) is 4.99 Å². The number of nitrogens with one attached hydrogen (secondary N) is 1. The Balaban J connectivity index is 1.53. The highest BCUT2D eigenvalue weighted by atomic mass is 32.1. The lowest BCUT2D eigenvalue weighted by molar-refractivity contribution is -0.131. The zero-order valence-electron chi connectivity index (χ0n) is 19.2. The molecule has 2 aliphatic heterocycles. The lowest BCUT2D eigenvalue weighted by Gasteiger charge is -2.45. The summed E-state index contributed by atoms with van der Waals surface area (Å²) in [6, 6.07) is 16.3. The van der Waals surface area contributed by atoms with E-state index in [0.717, 1.165) is 17.7 Å². The molecule has 0 fully saturated rings. The molecule has 0 saturated carbocycles. The number of aromatic nitrogens is 3. The minimum Gasteiger partial charge on any atom is -0.465 e. The Kier molecular flexibility index (Phi) is 4.96. The molecule has 6 rings (SSSR count). The molecule has 1 amide bonds. The number of anilines is 1. The summed E-state index contributed by atoms with van der Waals surface area (Å²) in [4.78, 5) is 32.8. The SMILES string of the molecule is CCn1cc(/C=c2\sc3n(c2=O)[C@H]2c4ccccc4O[C@@](C)(N=3)[C@H]2C(=O)Nc2ccccc2)cn1. The first-order valence-corrected chi connectivity index (χ1v) is 12.3. The fourth-order valence-electron chi connectivity index (χ4n) is 4.86. The predicted octanol–water partition coefficient (Wildman–Crippen LogP) is 2.54. The van der Waals surface area contributed by atoms with Crippen LogP contribution in [0.15, 0.2) is 76.8 Å². The van der Waals surface area contributed by atoms with Gasteiger partial charge in [0.1, 0.15) is 11.7 Å². The van der Waals surface area contributed by atoms with E-state index in [2.05, 4.69) is 10.4 Å². The highest BCUT2D eigenvalue weighted by molar-refractivity contribution is 7.07. The van der Waals surface area contributed by atoms with Crippen LogP contribution >= 0.6 is 11.3 Å². The van der Waals surface area contributed by atoms with Gasteiger partial charge in [0.2, 0.25) is 11.6 Å². The molecule has 176 valence electrons. The molecule has 0 spiro atoms. The number of thiazole rings is 1. The molecule has 3 atom stereocenters. The second-order valence-corrected chi connectivity index (χ2v) is 9.79. The van der Waals surface area contributed by atoms with Crippen molar-refractivity contribution in [3.63, 3.8) is 0 Å². The molecule has 8 nitrogen and oxygen atoms in total. The van der Waals surface area contributed by atoms with Gasteiger partial charge in [0, 0.05) is 29.6 Å². The normalized spacial score (nSPS) is 22.5. The molecule has 2 aliphatic rings. The summed E-state index contributed by atoms with van der Waals surface area (Å²) in [5.41, 5.74) is 0.962. The lowest BCUT2D eigenvalue weighted by Crippen LogP contribution is -2.59. The first kappa shape index (κ1) is 21.5. The van der Waals surface area contributed by atoms with Gasteiger partial charge in [-0.15, -0.1) is 0 Å². The second kappa shape index (κ2) is 8.06. The molecule has 2 aromatic carbocycles. The van der Waals surface area contributed by atoms with Crippen LogP contribution in [-0.2, 0) is 11.3 Å². The van der Waals surface area contributed by atoms with Gasteiger partial charge in [0.25, 0.3) is 5.56 Å². The van der Waals surface area contributed by atoms with Crippen molar-refractivity contribution in [2.75, 3.05) is 5.32 Å². The number of nitrogens with zero attached hydrogens (tertiary/aromatic N) is 4. The van der Waals surface area contributed by atoms with E-state index in [0.29, 0.717) is 20.8 Å². The Morgan fingerprint density at radius 3 is 2.74 bits per heavy atom. The van der Waals surface area contributed by atoms with E-state index in [1.807, 2.05) is 85.4 Å².